The Morgan fingerprint density at radius 1 is 0.800 bits per heavy atom. The van der Waals surface area contributed by atoms with Gasteiger partial charge in [0.2, 0.25) is 15.9 Å². The lowest BCUT2D eigenvalue weighted by Crippen LogP contribution is -2.33. The summed E-state index contributed by atoms with van der Waals surface area (Å²) in [5.41, 5.74) is 3.12. The number of carbonyl (C=O) groups is 2. The van der Waals surface area contributed by atoms with Gasteiger partial charge in [0, 0.05) is 11.1 Å². The minimum absolute atomic E-state index is 0.0795. The number of benzene rings is 3. The normalized spacial score (nSPS) is 11.1. The standard InChI is InChI=1S/C23H22N2O4S/c1-16-7-11-18(12-8-16)23(27)20-5-3-4-6-21(20)25-22(26)15-24-30(28,29)19-13-9-17(2)10-14-19/h3-14,24H,15H2,1-2H3,(H,25,26). The largest absolute Gasteiger partial charge is 0.324 e. The maximum Gasteiger partial charge on any atom is 0.241 e. The van der Waals surface area contributed by atoms with Crippen molar-refractivity contribution in [2.45, 2.75) is 18.7 Å². The molecule has 0 spiro atoms. The van der Waals surface area contributed by atoms with Crippen molar-refractivity contribution < 1.29 is 18.0 Å². The van der Waals surface area contributed by atoms with Gasteiger partial charge in [0.15, 0.2) is 5.78 Å². The number of hydrogen-bond donors (Lipinski definition) is 2. The van der Waals surface area contributed by atoms with E-state index in [0.29, 0.717) is 16.8 Å². The van der Waals surface area contributed by atoms with Gasteiger partial charge in [0.1, 0.15) is 0 Å². The van der Waals surface area contributed by atoms with E-state index in [1.54, 1.807) is 48.5 Å². The zero-order chi connectivity index (χ0) is 21.7. The number of hydrogen-bond acceptors (Lipinski definition) is 4. The fourth-order valence-electron chi connectivity index (χ4n) is 2.81. The number of ketones is 1. The van der Waals surface area contributed by atoms with Crippen LogP contribution in [-0.2, 0) is 14.8 Å². The second-order valence-electron chi connectivity index (χ2n) is 6.93. The van der Waals surface area contributed by atoms with Gasteiger partial charge in [-0.25, -0.2) is 13.1 Å². The minimum Gasteiger partial charge on any atom is -0.324 e. The van der Waals surface area contributed by atoms with Gasteiger partial charge in [-0.3, -0.25) is 9.59 Å². The van der Waals surface area contributed by atoms with Crippen LogP contribution in [-0.4, -0.2) is 26.7 Å². The van der Waals surface area contributed by atoms with Crippen molar-refractivity contribution in [2.24, 2.45) is 0 Å². The Labute approximate surface area is 176 Å². The summed E-state index contributed by atoms with van der Waals surface area (Å²) in [4.78, 5) is 25.3. The molecule has 0 saturated heterocycles. The molecule has 1 amide bonds. The molecule has 0 bridgehead atoms. The van der Waals surface area contributed by atoms with Crippen LogP contribution in [0.4, 0.5) is 5.69 Å². The lowest BCUT2D eigenvalue weighted by molar-refractivity contribution is -0.115. The fraction of sp³-hybridized carbons (Fsp3) is 0.130. The molecule has 0 unspecified atom stereocenters. The smallest absolute Gasteiger partial charge is 0.241 e. The summed E-state index contributed by atoms with van der Waals surface area (Å²) in [6.07, 6.45) is 0. The van der Waals surface area contributed by atoms with Crippen LogP contribution in [0, 0.1) is 13.8 Å². The highest BCUT2D eigenvalue weighted by Gasteiger charge is 2.18. The van der Waals surface area contributed by atoms with Crippen molar-refractivity contribution in [1.29, 1.82) is 0 Å². The third-order valence-corrected chi connectivity index (χ3v) is 5.93. The Morgan fingerprint density at radius 3 is 2.00 bits per heavy atom. The van der Waals surface area contributed by atoms with Crippen LogP contribution in [0.2, 0.25) is 0 Å². The van der Waals surface area contributed by atoms with E-state index in [1.165, 1.54) is 12.1 Å². The number of amides is 1. The van der Waals surface area contributed by atoms with E-state index in [4.69, 9.17) is 0 Å². The quantitative estimate of drug-likeness (QED) is 0.571. The summed E-state index contributed by atoms with van der Waals surface area (Å²) in [5.74, 6) is -0.805. The Balaban J connectivity index is 1.71. The summed E-state index contributed by atoms with van der Waals surface area (Å²) >= 11 is 0. The summed E-state index contributed by atoms with van der Waals surface area (Å²) in [5, 5.41) is 2.62. The van der Waals surface area contributed by atoms with E-state index in [-0.39, 0.29) is 10.7 Å². The molecule has 0 fully saturated rings. The van der Waals surface area contributed by atoms with Gasteiger partial charge >= 0.3 is 0 Å². The number of sulfonamides is 1. The average Bonchev–Trinajstić information content (AvgIpc) is 2.73. The molecular weight excluding hydrogens is 400 g/mol. The van der Waals surface area contributed by atoms with Crippen molar-refractivity contribution in [3.63, 3.8) is 0 Å². The van der Waals surface area contributed by atoms with Gasteiger partial charge in [-0.05, 0) is 38.1 Å². The Bertz CT molecular complexity index is 1170. The molecule has 0 aliphatic carbocycles. The van der Waals surface area contributed by atoms with Crippen LogP contribution in [0.5, 0.6) is 0 Å². The molecule has 0 aliphatic heterocycles. The van der Waals surface area contributed by atoms with E-state index in [2.05, 4.69) is 10.0 Å². The lowest BCUT2D eigenvalue weighted by atomic mass is 10.0. The van der Waals surface area contributed by atoms with Crippen molar-refractivity contribution >= 4 is 27.4 Å². The first-order chi connectivity index (χ1) is 14.3. The van der Waals surface area contributed by atoms with Gasteiger partial charge in [0.25, 0.3) is 0 Å². The number of aryl methyl sites for hydroxylation is 2. The van der Waals surface area contributed by atoms with Gasteiger partial charge in [0.05, 0.1) is 17.1 Å². The highest BCUT2D eigenvalue weighted by atomic mass is 32.2. The van der Waals surface area contributed by atoms with Crippen molar-refractivity contribution in [3.8, 4) is 0 Å². The predicted octanol–water partition coefficient (Wildman–Crippen LogP) is 3.45. The van der Waals surface area contributed by atoms with Crippen LogP contribution < -0.4 is 10.0 Å². The minimum atomic E-state index is -3.82. The maximum absolute atomic E-state index is 12.8. The van der Waals surface area contributed by atoms with Gasteiger partial charge in [-0.1, -0.05) is 59.7 Å². The number of para-hydroxylation sites is 1. The molecule has 2 N–H and O–H groups in total. The number of rotatable bonds is 7. The predicted molar refractivity (Wildman–Crippen MR) is 116 cm³/mol. The van der Waals surface area contributed by atoms with Gasteiger partial charge < -0.3 is 5.32 Å². The van der Waals surface area contributed by atoms with Gasteiger partial charge in [-0.15, -0.1) is 0 Å². The SMILES string of the molecule is Cc1ccc(C(=O)c2ccccc2NC(=O)CNS(=O)(=O)c2ccc(C)cc2)cc1. The van der Waals surface area contributed by atoms with Gasteiger partial charge in [-0.2, -0.15) is 0 Å². The van der Waals surface area contributed by atoms with Crippen LogP contribution in [0.3, 0.4) is 0 Å². The van der Waals surface area contributed by atoms with Crippen LogP contribution in [0.15, 0.2) is 77.7 Å². The third kappa shape index (κ3) is 5.20. The molecule has 3 aromatic rings. The second kappa shape index (κ2) is 9.02. The monoisotopic (exact) mass is 422 g/mol. The molecule has 3 aromatic carbocycles. The number of carbonyl (C=O) groups excluding carboxylic acids is 2. The lowest BCUT2D eigenvalue weighted by Gasteiger charge is -2.11. The Hall–Kier alpha value is -3.29. The zero-order valence-corrected chi connectivity index (χ0v) is 17.5. The Morgan fingerprint density at radius 2 is 1.37 bits per heavy atom. The van der Waals surface area contributed by atoms with E-state index < -0.39 is 22.5 Å². The van der Waals surface area contributed by atoms with E-state index in [0.717, 1.165) is 11.1 Å². The molecule has 154 valence electrons. The topological polar surface area (TPSA) is 92.3 Å². The molecule has 0 atom stereocenters. The van der Waals surface area contributed by atoms with Crippen molar-refractivity contribution in [3.05, 3.63) is 95.1 Å². The summed E-state index contributed by atoms with van der Waals surface area (Å²) in [6.45, 7) is 3.33. The van der Waals surface area contributed by atoms with Crippen LogP contribution in [0.1, 0.15) is 27.0 Å². The molecule has 3 rings (SSSR count). The summed E-state index contributed by atoms with van der Waals surface area (Å²) < 4.78 is 27.0. The molecule has 7 heteroatoms. The average molecular weight is 423 g/mol. The van der Waals surface area contributed by atoms with Crippen molar-refractivity contribution in [2.75, 3.05) is 11.9 Å². The molecule has 0 heterocycles. The third-order valence-electron chi connectivity index (χ3n) is 4.51. The first-order valence-electron chi connectivity index (χ1n) is 9.33. The molecule has 0 radical (unpaired) electrons. The molecular formula is C23H22N2O4S. The zero-order valence-electron chi connectivity index (χ0n) is 16.7. The van der Waals surface area contributed by atoms with Crippen molar-refractivity contribution in [1.82, 2.24) is 4.72 Å². The summed E-state index contributed by atoms with van der Waals surface area (Å²) in [6, 6.07) is 20.1. The van der Waals surface area contributed by atoms with E-state index in [1.807, 2.05) is 26.0 Å². The second-order valence-corrected chi connectivity index (χ2v) is 8.69. The highest BCUT2D eigenvalue weighted by molar-refractivity contribution is 7.89. The maximum atomic E-state index is 12.8. The van der Waals surface area contributed by atoms with Crippen LogP contribution in [0.25, 0.3) is 0 Å². The number of nitrogens with one attached hydrogen (secondary N) is 2. The molecule has 30 heavy (non-hydrogen) atoms. The molecule has 0 saturated carbocycles. The fourth-order valence-corrected chi connectivity index (χ4v) is 3.79. The van der Waals surface area contributed by atoms with E-state index in [9.17, 15) is 18.0 Å². The first kappa shape index (κ1) is 21.4. The number of anilines is 1. The molecule has 0 aliphatic rings. The molecule has 0 aromatic heterocycles. The highest BCUT2D eigenvalue weighted by Crippen LogP contribution is 2.20. The first-order valence-corrected chi connectivity index (χ1v) is 10.8. The van der Waals surface area contributed by atoms with E-state index >= 15 is 0 Å². The molecule has 6 nitrogen and oxygen atoms in total. The summed E-state index contributed by atoms with van der Waals surface area (Å²) in [7, 11) is -3.82. The van der Waals surface area contributed by atoms with Crippen LogP contribution >= 0.6 is 0 Å². The Kier molecular flexibility index (Phi) is 6.44.